The van der Waals surface area contributed by atoms with E-state index in [1.807, 2.05) is 36.4 Å². The van der Waals surface area contributed by atoms with Crippen LogP contribution in [0, 0.1) is 0 Å². The number of aryl methyl sites for hydroxylation is 1. The Balaban J connectivity index is 1.84. The van der Waals surface area contributed by atoms with Crippen LogP contribution in [0.5, 0.6) is 0 Å². The van der Waals surface area contributed by atoms with Crippen LogP contribution in [-0.4, -0.2) is 65.4 Å². The number of aliphatic imine (C=N–C) groups is 1. The summed E-state index contributed by atoms with van der Waals surface area (Å²) in [6, 6.07) is -0.201. The van der Waals surface area contributed by atoms with E-state index in [0.29, 0.717) is 51.4 Å². The molecule has 1 aromatic rings. The minimum atomic E-state index is -4.43. The van der Waals surface area contributed by atoms with Gasteiger partial charge in [0.05, 0.1) is 36.8 Å². The highest BCUT2D eigenvalue weighted by Gasteiger charge is 2.32. The molecule has 0 saturated carbocycles. The average molecular weight is 613 g/mol. The van der Waals surface area contributed by atoms with Crippen molar-refractivity contribution in [1.82, 2.24) is 20.1 Å². The molecule has 0 radical (unpaired) electrons. The predicted molar refractivity (Wildman–Crippen MR) is 170 cm³/mol. The monoisotopic (exact) mass is 612 g/mol. The summed E-state index contributed by atoms with van der Waals surface area (Å²) in [7, 11) is 0. The van der Waals surface area contributed by atoms with Gasteiger partial charge in [-0.15, -0.1) is 0 Å². The number of carbonyl (C=O) groups is 1. The highest BCUT2D eigenvalue weighted by atomic mass is 19.4. The molecule has 3 rings (SSSR count). The van der Waals surface area contributed by atoms with Gasteiger partial charge in [0.15, 0.2) is 5.69 Å². The molecule has 0 unspecified atom stereocenters. The maximum Gasteiger partial charge on any atom is 0.412 e. The van der Waals surface area contributed by atoms with Gasteiger partial charge in [-0.05, 0) is 57.9 Å². The molecule has 2 heterocycles. The molecular weight excluding hydrogens is 569 g/mol. The number of hydrogen-bond acceptors (Lipinski definition) is 6. The summed E-state index contributed by atoms with van der Waals surface area (Å²) in [4.78, 5) is 19.9. The zero-order valence-corrected chi connectivity index (χ0v) is 26.1. The number of halogens is 3. The number of fused-ring (bicyclic) bond motifs is 1. The van der Waals surface area contributed by atoms with Gasteiger partial charge >= 0.3 is 6.18 Å². The number of rotatable bonds is 13. The Bertz CT molecular complexity index is 1390. The topological polar surface area (TPSA) is 84.1 Å². The molecule has 8 nitrogen and oxygen atoms in total. The summed E-state index contributed by atoms with van der Waals surface area (Å²) in [5, 5.41) is 9.06. The molecule has 11 heteroatoms. The number of hydrogen-bond donors (Lipinski definition) is 1. The number of amides is 1. The molecular formula is C33H43F3N6O2. The Kier molecular flexibility index (Phi) is 12.7. The van der Waals surface area contributed by atoms with Gasteiger partial charge in [0, 0.05) is 36.4 Å². The van der Waals surface area contributed by atoms with Crippen molar-refractivity contribution in [2.24, 2.45) is 10.1 Å². The van der Waals surface area contributed by atoms with Gasteiger partial charge in [-0.1, -0.05) is 56.4 Å². The number of ether oxygens (including phenoxy) is 1. The average Bonchev–Trinajstić information content (AvgIpc) is 3.11. The highest BCUT2D eigenvalue weighted by molar-refractivity contribution is 5.98. The lowest BCUT2D eigenvalue weighted by molar-refractivity contribution is -0.0913. The fourth-order valence-corrected chi connectivity index (χ4v) is 4.98. The lowest BCUT2D eigenvalue weighted by atomic mass is 9.97. The van der Waals surface area contributed by atoms with E-state index in [1.54, 1.807) is 0 Å². The standard InChI is InChI=1S/C33H43F3N6O2/c1-7-16-41(27(8-2)21-39-38-20-24(4)28(37-6)15-14-25(5)33(34,35)36)32(43)31-30(26-13-10-9-12-23(3)19-26)29-22-44-18-11-17-42(29)40-31/h9-10,12,14-15,19-20,27,39H,4,6-8,11,13,16-18,21-22H2,1-3,5H3/b25-14+,28-15-,38-20-/t27-/m0/s1. The van der Waals surface area contributed by atoms with E-state index in [0.717, 1.165) is 48.2 Å². The first kappa shape index (κ1) is 34.5. The number of allylic oxidation sites excluding steroid dienone is 10. The predicted octanol–water partition coefficient (Wildman–Crippen LogP) is 6.95. The van der Waals surface area contributed by atoms with Crippen molar-refractivity contribution >= 4 is 24.4 Å². The van der Waals surface area contributed by atoms with E-state index < -0.39 is 11.7 Å². The lowest BCUT2D eigenvalue weighted by Crippen LogP contribution is -2.45. The number of carbonyl (C=O) groups excluding carboxylic acids is 1. The quantitative estimate of drug-likeness (QED) is 0.149. The van der Waals surface area contributed by atoms with Crippen LogP contribution in [0.4, 0.5) is 13.2 Å². The number of nitrogens with zero attached hydrogens (tertiary/aromatic N) is 5. The fourth-order valence-electron chi connectivity index (χ4n) is 4.98. The molecule has 1 aromatic heterocycles. The molecule has 0 spiro atoms. The van der Waals surface area contributed by atoms with Crippen molar-refractivity contribution in [2.75, 3.05) is 19.7 Å². The largest absolute Gasteiger partial charge is 0.412 e. The van der Waals surface area contributed by atoms with Crippen molar-refractivity contribution in [3.05, 3.63) is 82.4 Å². The van der Waals surface area contributed by atoms with E-state index in [1.165, 1.54) is 12.3 Å². The minimum absolute atomic E-state index is 0.145. The van der Waals surface area contributed by atoms with Gasteiger partial charge in [0.1, 0.15) is 0 Å². The van der Waals surface area contributed by atoms with Crippen LogP contribution >= 0.6 is 0 Å². The second-order valence-electron chi connectivity index (χ2n) is 10.8. The Morgan fingerprint density at radius 1 is 1.32 bits per heavy atom. The summed E-state index contributed by atoms with van der Waals surface area (Å²) in [6.45, 7) is 16.9. The van der Waals surface area contributed by atoms with Crippen LogP contribution in [0.3, 0.4) is 0 Å². The summed E-state index contributed by atoms with van der Waals surface area (Å²) in [5.41, 5.74) is 7.00. The Labute approximate surface area is 258 Å². The Morgan fingerprint density at radius 3 is 2.77 bits per heavy atom. The first-order chi connectivity index (χ1) is 21.0. The number of hydrazone groups is 1. The minimum Gasteiger partial charge on any atom is -0.375 e. The molecule has 1 atom stereocenters. The van der Waals surface area contributed by atoms with E-state index in [9.17, 15) is 18.0 Å². The molecule has 0 aromatic carbocycles. The van der Waals surface area contributed by atoms with Crippen LogP contribution in [0.15, 0.2) is 75.5 Å². The van der Waals surface area contributed by atoms with Gasteiger partial charge in [0.25, 0.3) is 5.91 Å². The summed E-state index contributed by atoms with van der Waals surface area (Å²) in [6.07, 6.45) is 10.3. The van der Waals surface area contributed by atoms with Gasteiger partial charge in [-0.25, -0.2) is 0 Å². The number of aromatic nitrogens is 2. The summed E-state index contributed by atoms with van der Waals surface area (Å²) in [5.74, 6) is -0.145. The Morgan fingerprint density at radius 2 is 2.09 bits per heavy atom. The van der Waals surface area contributed by atoms with Crippen LogP contribution in [0.25, 0.3) is 5.57 Å². The smallest absolute Gasteiger partial charge is 0.375 e. The molecule has 1 amide bonds. The zero-order chi connectivity index (χ0) is 32.3. The van der Waals surface area contributed by atoms with Crippen LogP contribution in [-0.2, 0) is 17.9 Å². The molecule has 0 bridgehead atoms. The summed E-state index contributed by atoms with van der Waals surface area (Å²) >= 11 is 0. The van der Waals surface area contributed by atoms with Crippen LogP contribution in [0.2, 0.25) is 0 Å². The van der Waals surface area contributed by atoms with E-state index in [2.05, 4.69) is 47.0 Å². The SMILES string of the molecule is C=N/C(=C\C=C(/C)C(F)(F)F)C(=C)/C=N\NC[C@H](CC)N(CCC)C(=O)c1nn2c(c1C1=CC(C)=CC=CC1)COCCC2. The van der Waals surface area contributed by atoms with E-state index >= 15 is 0 Å². The molecule has 1 aliphatic carbocycles. The third-order valence-electron chi connectivity index (χ3n) is 7.43. The molecule has 0 fully saturated rings. The first-order valence-corrected chi connectivity index (χ1v) is 14.9. The Hall–Kier alpha value is -3.99. The van der Waals surface area contributed by atoms with E-state index in [4.69, 9.17) is 9.84 Å². The number of alkyl halides is 3. The van der Waals surface area contributed by atoms with Crippen molar-refractivity contribution in [2.45, 2.75) is 78.7 Å². The van der Waals surface area contributed by atoms with Crippen molar-refractivity contribution in [3.63, 3.8) is 0 Å². The van der Waals surface area contributed by atoms with Gasteiger partial charge in [-0.3, -0.25) is 14.5 Å². The van der Waals surface area contributed by atoms with Gasteiger partial charge in [0.2, 0.25) is 0 Å². The van der Waals surface area contributed by atoms with Gasteiger partial charge < -0.3 is 15.1 Å². The van der Waals surface area contributed by atoms with Crippen LogP contribution < -0.4 is 5.43 Å². The fraction of sp³-hybridized carbons (Fsp3) is 0.455. The molecule has 0 saturated heterocycles. The normalized spacial score (nSPS) is 16.9. The third-order valence-corrected chi connectivity index (χ3v) is 7.43. The second kappa shape index (κ2) is 16.2. The molecule has 1 aliphatic heterocycles. The molecule has 44 heavy (non-hydrogen) atoms. The lowest BCUT2D eigenvalue weighted by Gasteiger charge is -2.30. The van der Waals surface area contributed by atoms with Crippen molar-refractivity contribution < 1.29 is 22.7 Å². The maximum atomic E-state index is 14.3. The third kappa shape index (κ3) is 9.01. The second-order valence-corrected chi connectivity index (χ2v) is 10.8. The maximum absolute atomic E-state index is 14.3. The zero-order valence-electron chi connectivity index (χ0n) is 26.1. The van der Waals surface area contributed by atoms with Crippen molar-refractivity contribution in [3.8, 4) is 0 Å². The van der Waals surface area contributed by atoms with Crippen molar-refractivity contribution in [1.29, 1.82) is 0 Å². The van der Waals surface area contributed by atoms with Crippen LogP contribution in [0.1, 0.15) is 75.1 Å². The molecule has 2 aliphatic rings. The summed E-state index contributed by atoms with van der Waals surface area (Å²) < 4.78 is 46.3. The highest BCUT2D eigenvalue weighted by Crippen LogP contribution is 2.32. The van der Waals surface area contributed by atoms with E-state index in [-0.39, 0.29) is 23.2 Å². The first-order valence-electron chi connectivity index (χ1n) is 14.9. The van der Waals surface area contributed by atoms with Gasteiger partial charge in [-0.2, -0.15) is 23.4 Å². The number of nitrogens with one attached hydrogen (secondary N) is 1. The molecule has 1 N–H and O–H groups in total. The molecule has 238 valence electrons.